The molecule has 1 aromatic carbocycles. The van der Waals surface area contributed by atoms with Crippen LogP contribution in [-0.4, -0.2) is 112 Å². The first-order chi connectivity index (χ1) is 21.2. The van der Waals surface area contributed by atoms with Crippen molar-refractivity contribution in [2.24, 2.45) is 22.7 Å². The standard InChI is InChI=1S/C34H42N6O4/c1-23(41)37-15-12-34(13-16-37)33(44)40(22-36-17-18-39(21-36)32(43)27-7-8-27)31(35-34)26-5-3-25(4-6-26)28-9-10-30-20-38(24(2)42)14-11-29(30)19-28/h3-6,9-10,19,27,29-30H,7-8,11-18,20-22H2,1-2H3. The van der Waals surface area contributed by atoms with Gasteiger partial charge in [-0.1, -0.05) is 42.5 Å². The molecule has 1 aromatic rings. The maximum atomic E-state index is 14.1. The summed E-state index contributed by atoms with van der Waals surface area (Å²) >= 11 is 0. The molecule has 44 heavy (non-hydrogen) atoms. The summed E-state index contributed by atoms with van der Waals surface area (Å²) in [5.74, 6) is 2.04. The van der Waals surface area contributed by atoms with Crippen LogP contribution in [0.1, 0.15) is 57.1 Å². The number of rotatable bonds is 5. The minimum absolute atomic E-state index is 0.00684. The maximum absolute atomic E-state index is 14.1. The fourth-order valence-electron chi connectivity index (χ4n) is 7.47. The molecule has 6 aliphatic rings. The van der Waals surface area contributed by atoms with Gasteiger partial charge in [-0.05, 0) is 49.2 Å². The van der Waals surface area contributed by atoms with Crippen LogP contribution >= 0.6 is 0 Å². The van der Waals surface area contributed by atoms with Gasteiger partial charge >= 0.3 is 0 Å². The van der Waals surface area contributed by atoms with E-state index in [4.69, 9.17) is 4.99 Å². The molecule has 1 saturated carbocycles. The largest absolute Gasteiger partial charge is 0.343 e. The summed E-state index contributed by atoms with van der Waals surface area (Å²) in [4.78, 5) is 65.5. The molecule has 0 bridgehead atoms. The molecule has 2 atom stereocenters. The van der Waals surface area contributed by atoms with Gasteiger partial charge in [-0.25, -0.2) is 0 Å². The van der Waals surface area contributed by atoms with Crippen LogP contribution < -0.4 is 0 Å². The SMILES string of the molecule is CC(=O)N1CCC2(CC1)N=C(c1ccc(C3=CC4CCN(C(C)=O)CC4C=C3)cc1)N(CN1CCN(C(=O)C3CC3)C1)C2=O. The molecular weight excluding hydrogens is 556 g/mol. The number of carbonyl (C=O) groups excluding carboxylic acids is 4. The zero-order chi connectivity index (χ0) is 30.6. The third kappa shape index (κ3) is 5.38. The number of likely N-dealkylation sites (tertiary alicyclic amines) is 2. The number of amides is 4. The summed E-state index contributed by atoms with van der Waals surface area (Å²) in [5.41, 5.74) is 2.33. The van der Waals surface area contributed by atoms with Gasteiger partial charge in [0.25, 0.3) is 5.91 Å². The van der Waals surface area contributed by atoms with Gasteiger partial charge in [0.05, 0.1) is 13.3 Å². The number of aliphatic imine (C=N–C) groups is 1. The van der Waals surface area contributed by atoms with Gasteiger partial charge < -0.3 is 14.7 Å². The van der Waals surface area contributed by atoms with Crippen molar-refractivity contribution in [3.05, 3.63) is 53.6 Å². The second-order valence-corrected chi connectivity index (χ2v) is 13.4. The topological polar surface area (TPSA) is 96.8 Å². The Hall–Kier alpha value is -3.79. The van der Waals surface area contributed by atoms with E-state index in [1.165, 1.54) is 5.57 Å². The van der Waals surface area contributed by atoms with Crippen LogP contribution in [0.3, 0.4) is 0 Å². The molecule has 4 aliphatic heterocycles. The monoisotopic (exact) mass is 598 g/mol. The Balaban J connectivity index is 1.11. The lowest BCUT2D eigenvalue weighted by molar-refractivity contribution is -0.138. The van der Waals surface area contributed by atoms with Crippen LogP contribution in [-0.2, 0) is 19.2 Å². The average Bonchev–Trinajstić information content (AvgIpc) is 3.73. The first-order valence-corrected chi connectivity index (χ1v) is 16.2. The molecule has 4 fully saturated rings. The predicted octanol–water partition coefficient (Wildman–Crippen LogP) is 2.56. The zero-order valence-corrected chi connectivity index (χ0v) is 25.8. The number of fused-ring (bicyclic) bond motifs is 1. The summed E-state index contributed by atoms with van der Waals surface area (Å²) in [5, 5.41) is 0. The fraction of sp³-hybridized carbons (Fsp3) is 0.559. The van der Waals surface area contributed by atoms with Crippen molar-refractivity contribution in [3.8, 4) is 0 Å². The van der Waals surface area contributed by atoms with E-state index >= 15 is 0 Å². The van der Waals surface area contributed by atoms with Gasteiger partial charge in [0, 0.05) is 70.5 Å². The highest BCUT2D eigenvalue weighted by Crippen LogP contribution is 2.38. The molecule has 4 amide bonds. The van der Waals surface area contributed by atoms with Gasteiger partial charge in [-0.3, -0.25) is 34.0 Å². The minimum Gasteiger partial charge on any atom is -0.343 e. The van der Waals surface area contributed by atoms with Crippen LogP contribution in [0.25, 0.3) is 5.57 Å². The van der Waals surface area contributed by atoms with E-state index < -0.39 is 5.54 Å². The van der Waals surface area contributed by atoms with Crippen molar-refractivity contribution in [1.82, 2.24) is 24.5 Å². The molecule has 232 valence electrons. The number of carbonyl (C=O) groups is 4. The molecule has 0 N–H and O–H groups in total. The predicted molar refractivity (Wildman–Crippen MR) is 166 cm³/mol. The third-order valence-electron chi connectivity index (χ3n) is 10.4. The Labute approximate surface area is 259 Å². The van der Waals surface area contributed by atoms with Gasteiger partial charge in [-0.2, -0.15) is 0 Å². The Bertz CT molecular complexity index is 1450. The second kappa shape index (κ2) is 11.3. The highest BCUT2D eigenvalue weighted by atomic mass is 16.2. The number of piperidine rings is 2. The fourth-order valence-corrected chi connectivity index (χ4v) is 7.47. The lowest BCUT2D eigenvalue weighted by Crippen LogP contribution is -2.52. The molecular formula is C34H42N6O4. The van der Waals surface area contributed by atoms with E-state index in [-0.39, 0.29) is 29.5 Å². The number of amidine groups is 1. The number of benzene rings is 1. The van der Waals surface area contributed by atoms with Gasteiger partial charge in [0.1, 0.15) is 11.4 Å². The Morgan fingerprint density at radius 1 is 0.841 bits per heavy atom. The molecule has 0 radical (unpaired) electrons. The molecule has 2 aliphatic carbocycles. The normalized spacial score (nSPS) is 26.6. The number of hydrogen-bond acceptors (Lipinski definition) is 6. The minimum atomic E-state index is -0.860. The lowest BCUT2D eigenvalue weighted by atomic mass is 9.79. The summed E-state index contributed by atoms with van der Waals surface area (Å²) in [6.07, 6.45) is 10.7. The molecule has 1 spiro atoms. The molecule has 0 aromatic heterocycles. The lowest BCUT2D eigenvalue weighted by Gasteiger charge is -2.37. The molecule has 3 saturated heterocycles. The van der Waals surface area contributed by atoms with Crippen molar-refractivity contribution in [1.29, 1.82) is 0 Å². The van der Waals surface area contributed by atoms with E-state index in [1.807, 2.05) is 14.7 Å². The van der Waals surface area contributed by atoms with Crippen molar-refractivity contribution < 1.29 is 19.2 Å². The van der Waals surface area contributed by atoms with E-state index in [1.54, 1.807) is 18.7 Å². The Morgan fingerprint density at radius 2 is 1.55 bits per heavy atom. The Kier molecular flexibility index (Phi) is 7.43. The first-order valence-electron chi connectivity index (χ1n) is 16.2. The van der Waals surface area contributed by atoms with Crippen molar-refractivity contribution in [3.63, 3.8) is 0 Å². The zero-order valence-electron chi connectivity index (χ0n) is 25.8. The summed E-state index contributed by atoms with van der Waals surface area (Å²) in [7, 11) is 0. The van der Waals surface area contributed by atoms with Crippen LogP contribution in [0.15, 0.2) is 47.5 Å². The van der Waals surface area contributed by atoms with Gasteiger partial charge in [0.15, 0.2) is 0 Å². The van der Waals surface area contributed by atoms with Gasteiger partial charge in [-0.15, -0.1) is 0 Å². The quantitative estimate of drug-likeness (QED) is 0.519. The molecule has 4 heterocycles. The number of allylic oxidation sites excluding steroid dienone is 3. The third-order valence-corrected chi connectivity index (χ3v) is 10.4. The molecule has 10 heteroatoms. The van der Waals surface area contributed by atoms with Crippen LogP contribution in [0.2, 0.25) is 0 Å². The Morgan fingerprint density at radius 3 is 2.23 bits per heavy atom. The van der Waals surface area contributed by atoms with Crippen molar-refractivity contribution in [2.75, 3.05) is 52.6 Å². The molecule has 2 unspecified atom stereocenters. The van der Waals surface area contributed by atoms with Crippen LogP contribution in [0.4, 0.5) is 0 Å². The van der Waals surface area contributed by atoms with E-state index in [0.29, 0.717) is 63.5 Å². The average molecular weight is 599 g/mol. The van der Waals surface area contributed by atoms with E-state index in [2.05, 4.69) is 47.4 Å². The summed E-state index contributed by atoms with van der Waals surface area (Å²) < 4.78 is 0. The molecule has 10 nitrogen and oxygen atoms in total. The summed E-state index contributed by atoms with van der Waals surface area (Å²) in [6.45, 7) is 8.17. The number of hydrogen-bond donors (Lipinski definition) is 0. The van der Waals surface area contributed by atoms with Crippen molar-refractivity contribution in [2.45, 2.75) is 51.5 Å². The van der Waals surface area contributed by atoms with Crippen molar-refractivity contribution >= 4 is 35.0 Å². The highest BCUT2D eigenvalue weighted by molar-refractivity contribution is 6.15. The van der Waals surface area contributed by atoms with E-state index in [0.717, 1.165) is 50.0 Å². The highest BCUT2D eigenvalue weighted by Gasteiger charge is 2.51. The van der Waals surface area contributed by atoms with Crippen LogP contribution in [0.5, 0.6) is 0 Å². The smallest absolute Gasteiger partial charge is 0.257 e. The van der Waals surface area contributed by atoms with E-state index in [9.17, 15) is 19.2 Å². The van der Waals surface area contributed by atoms with Gasteiger partial charge in [0.2, 0.25) is 17.7 Å². The summed E-state index contributed by atoms with van der Waals surface area (Å²) in [6, 6.07) is 8.34. The molecule has 7 rings (SSSR count). The maximum Gasteiger partial charge on any atom is 0.257 e. The number of nitrogens with zero attached hydrogens (tertiary/aromatic N) is 6. The first kappa shape index (κ1) is 29.0. The van der Waals surface area contributed by atoms with Crippen LogP contribution in [0, 0.1) is 17.8 Å². The second-order valence-electron chi connectivity index (χ2n) is 13.4.